The second-order valence-electron chi connectivity index (χ2n) is 3.38. The first-order valence-electron chi connectivity index (χ1n) is 4.72. The lowest BCUT2D eigenvalue weighted by atomic mass is 10.2. The highest BCUT2D eigenvalue weighted by molar-refractivity contribution is 5.85. The molecule has 5 heteroatoms. The topological polar surface area (TPSA) is 60.7 Å². The van der Waals surface area contributed by atoms with Crippen molar-refractivity contribution in [1.82, 2.24) is 10.3 Å². The van der Waals surface area contributed by atoms with E-state index < -0.39 is 0 Å². The molecule has 0 aromatic carbocycles. The highest BCUT2D eigenvalue weighted by Crippen LogP contribution is 2.08. The number of anilines is 1. The molecule has 1 saturated heterocycles. The molecule has 2 N–H and O–H groups in total. The summed E-state index contributed by atoms with van der Waals surface area (Å²) in [6.07, 6.45) is 2.71. The van der Waals surface area contributed by atoms with Gasteiger partial charge in [-0.3, -0.25) is 0 Å². The van der Waals surface area contributed by atoms with E-state index in [1.807, 2.05) is 12.1 Å². The molecule has 0 spiro atoms. The van der Waals surface area contributed by atoms with Gasteiger partial charge in [0.25, 0.3) is 0 Å². The summed E-state index contributed by atoms with van der Waals surface area (Å²) in [5.41, 5.74) is 0.597. The first kappa shape index (κ1) is 11.8. The summed E-state index contributed by atoms with van der Waals surface area (Å²) < 4.78 is 0. The Hall–Kier alpha value is -1.31. The predicted octanol–water partition coefficient (Wildman–Crippen LogP) is 1.15. The summed E-state index contributed by atoms with van der Waals surface area (Å²) in [7, 11) is 0. The molecule has 1 aromatic rings. The number of halogens is 1. The molecule has 1 aliphatic rings. The van der Waals surface area contributed by atoms with Crippen molar-refractivity contribution in [3.63, 3.8) is 0 Å². The Morgan fingerprint density at radius 1 is 1.53 bits per heavy atom. The second kappa shape index (κ2) is 5.54. The number of nitriles is 1. The van der Waals surface area contributed by atoms with Gasteiger partial charge in [-0.25, -0.2) is 4.98 Å². The van der Waals surface area contributed by atoms with Gasteiger partial charge in [0.1, 0.15) is 11.9 Å². The summed E-state index contributed by atoms with van der Waals surface area (Å²) in [4.78, 5) is 4.15. The maximum absolute atomic E-state index is 8.59. The van der Waals surface area contributed by atoms with Crippen LogP contribution < -0.4 is 10.6 Å². The average Bonchev–Trinajstić information content (AvgIpc) is 2.72. The molecule has 4 nitrogen and oxygen atoms in total. The molecule has 2 rings (SSSR count). The summed E-state index contributed by atoms with van der Waals surface area (Å²) in [5, 5.41) is 15.2. The van der Waals surface area contributed by atoms with Crippen molar-refractivity contribution in [3.8, 4) is 6.07 Å². The molecular weight excluding hydrogens is 212 g/mol. The highest BCUT2D eigenvalue weighted by atomic mass is 35.5. The Balaban J connectivity index is 0.00000112. The molecule has 0 amide bonds. The Labute approximate surface area is 95.1 Å². The normalized spacial score (nSPS) is 19.0. The molecule has 15 heavy (non-hydrogen) atoms. The van der Waals surface area contributed by atoms with Crippen LogP contribution in [0.1, 0.15) is 12.0 Å². The van der Waals surface area contributed by atoms with Gasteiger partial charge in [-0.05, 0) is 25.1 Å². The Morgan fingerprint density at radius 2 is 2.40 bits per heavy atom. The van der Waals surface area contributed by atoms with Crippen LogP contribution in [0.25, 0.3) is 0 Å². The van der Waals surface area contributed by atoms with Crippen LogP contribution in [-0.2, 0) is 0 Å². The van der Waals surface area contributed by atoms with Crippen LogP contribution in [0.5, 0.6) is 0 Å². The highest BCUT2D eigenvalue weighted by Gasteiger charge is 2.13. The van der Waals surface area contributed by atoms with Gasteiger partial charge in [-0.1, -0.05) is 0 Å². The number of rotatable bonds is 2. The van der Waals surface area contributed by atoms with E-state index in [1.165, 1.54) is 0 Å². The molecular formula is C10H13ClN4. The smallest absolute Gasteiger partial charge is 0.126 e. The van der Waals surface area contributed by atoms with E-state index in [2.05, 4.69) is 15.6 Å². The summed E-state index contributed by atoms with van der Waals surface area (Å²) in [6.45, 7) is 2.05. The zero-order valence-electron chi connectivity index (χ0n) is 8.23. The van der Waals surface area contributed by atoms with Crippen LogP contribution in [0.4, 0.5) is 5.82 Å². The summed E-state index contributed by atoms with van der Waals surface area (Å²) >= 11 is 0. The Morgan fingerprint density at radius 3 is 2.93 bits per heavy atom. The largest absolute Gasteiger partial charge is 0.366 e. The number of nitrogens with one attached hydrogen (secondary N) is 2. The van der Waals surface area contributed by atoms with E-state index in [9.17, 15) is 0 Å². The zero-order valence-corrected chi connectivity index (χ0v) is 9.05. The van der Waals surface area contributed by atoms with Crippen LogP contribution in [0.15, 0.2) is 18.3 Å². The van der Waals surface area contributed by atoms with Gasteiger partial charge in [0.2, 0.25) is 0 Å². The monoisotopic (exact) mass is 224 g/mol. The molecule has 1 fully saturated rings. The van der Waals surface area contributed by atoms with E-state index in [4.69, 9.17) is 5.26 Å². The van der Waals surface area contributed by atoms with Gasteiger partial charge in [-0.2, -0.15) is 5.26 Å². The lowest BCUT2D eigenvalue weighted by Crippen LogP contribution is -2.22. The maximum Gasteiger partial charge on any atom is 0.126 e. The van der Waals surface area contributed by atoms with E-state index in [-0.39, 0.29) is 12.4 Å². The molecule has 0 saturated carbocycles. The van der Waals surface area contributed by atoms with E-state index in [0.717, 1.165) is 25.3 Å². The number of hydrogen-bond acceptors (Lipinski definition) is 4. The van der Waals surface area contributed by atoms with Crippen molar-refractivity contribution in [2.45, 2.75) is 12.5 Å². The van der Waals surface area contributed by atoms with Crippen molar-refractivity contribution in [2.75, 3.05) is 18.4 Å². The minimum absolute atomic E-state index is 0. The van der Waals surface area contributed by atoms with Crippen LogP contribution in [0.2, 0.25) is 0 Å². The van der Waals surface area contributed by atoms with Crippen LogP contribution in [0.3, 0.4) is 0 Å². The maximum atomic E-state index is 8.59. The fourth-order valence-corrected chi connectivity index (χ4v) is 1.53. The molecule has 1 aliphatic heterocycles. The number of pyridine rings is 1. The minimum atomic E-state index is 0. The second-order valence-corrected chi connectivity index (χ2v) is 3.38. The Bertz CT molecular complexity index is 337. The van der Waals surface area contributed by atoms with E-state index in [0.29, 0.717) is 11.6 Å². The number of aromatic nitrogens is 1. The number of hydrogen-bond donors (Lipinski definition) is 2. The Kier molecular flexibility index (Phi) is 4.35. The summed E-state index contributed by atoms with van der Waals surface area (Å²) in [5.74, 6) is 0.845. The van der Waals surface area contributed by atoms with Crippen molar-refractivity contribution in [3.05, 3.63) is 23.9 Å². The molecule has 0 unspecified atom stereocenters. The summed E-state index contributed by atoms with van der Waals surface area (Å²) in [6, 6.07) is 6.13. The van der Waals surface area contributed by atoms with Gasteiger partial charge < -0.3 is 10.6 Å². The van der Waals surface area contributed by atoms with E-state index in [1.54, 1.807) is 12.3 Å². The fraction of sp³-hybridized carbons (Fsp3) is 0.400. The quantitative estimate of drug-likeness (QED) is 0.791. The molecule has 0 aliphatic carbocycles. The number of nitrogens with zero attached hydrogens (tertiary/aromatic N) is 2. The molecule has 1 atom stereocenters. The predicted molar refractivity (Wildman–Crippen MR) is 61.1 cm³/mol. The lowest BCUT2D eigenvalue weighted by molar-refractivity contribution is 0.788. The van der Waals surface area contributed by atoms with Crippen LogP contribution >= 0.6 is 12.4 Å². The minimum Gasteiger partial charge on any atom is -0.366 e. The SMILES string of the molecule is Cl.N#Cc1ccc(N[C@@H]2CCNC2)nc1. The molecule has 0 radical (unpaired) electrons. The van der Waals surface area contributed by atoms with E-state index >= 15 is 0 Å². The molecule has 1 aromatic heterocycles. The van der Waals surface area contributed by atoms with Crippen LogP contribution in [0, 0.1) is 11.3 Å². The van der Waals surface area contributed by atoms with Gasteiger partial charge in [0.05, 0.1) is 5.56 Å². The van der Waals surface area contributed by atoms with Crippen molar-refractivity contribution in [1.29, 1.82) is 5.26 Å². The van der Waals surface area contributed by atoms with Gasteiger partial charge in [0, 0.05) is 18.8 Å². The lowest BCUT2D eigenvalue weighted by Gasteiger charge is -2.11. The third-order valence-electron chi connectivity index (χ3n) is 2.30. The van der Waals surface area contributed by atoms with Crippen molar-refractivity contribution < 1.29 is 0 Å². The van der Waals surface area contributed by atoms with Gasteiger partial charge in [-0.15, -0.1) is 12.4 Å². The third kappa shape index (κ3) is 3.08. The van der Waals surface area contributed by atoms with Crippen molar-refractivity contribution in [2.24, 2.45) is 0 Å². The standard InChI is InChI=1S/C10H12N4.ClH/c11-5-8-1-2-10(13-6-8)14-9-3-4-12-7-9;/h1-2,6,9,12H,3-4,7H2,(H,13,14);1H/t9-;/m1./s1. The van der Waals surface area contributed by atoms with Gasteiger partial charge in [0.15, 0.2) is 0 Å². The first-order chi connectivity index (χ1) is 6.88. The molecule has 0 bridgehead atoms. The third-order valence-corrected chi connectivity index (χ3v) is 2.30. The first-order valence-corrected chi connectivity index (χ1v) is 4.72. The molecule has 2 heterocycles. The molecule has 80 valence electrons. The van der Waals surface area contributed by atoms with Crippen molar-refractivity contribution >= 4 is 18.2 Å². The van der Waals surface area contributed by atoms with Gasteiger partial charge >= 0.3 is 0 Å². The van der Waals surface area contributed by atoms with Crippen LogP contribution in [-0.4, -0.2) is 24.1 Å². The average molecular weight is 225 g/mol. The zero-order chi connectivity index (χ0) is 9.80. The fourth-order valence-electron chi connectivity index (χ4n) is 1.53.